The van der Waals surface area contributed by atoms with Crippen LogP contribution in [-0.4, -0.2) is 19.6 Å². The third-order valence-corrected chi connectivity index (χ3v) is 3.60. The maximum absolute atomic E-state index is 12.2. The third-order valence-electron chi connectivity index (χ3n) is 3.60. The van der Waals surface area contributed by atoms with Crippen molar-refractivity contribution in [1.29, 1.82) is 5.26 Å². The average Bonchev–Trinajstić information content (AvgIpc) is 2.66. The zero-order valence-corrected chi connectivity index (χ0v) is 14.2. The summed E-state index contributed by atoms with van der Waals surface area (Å²) in [6.07, 6.45) is 3.31. The lowest BCUT2D eigenvalue weighted by Crippen LogP contribution is -2.17. The molecule has 0 aliphatic rings. The van der Waals surface area contributed by atoms with Gasteiger partial charge in [0, 0.05) is 12.7 Å². The molecular weight excluding hydrogens is 314 g/mol. The Balaban J connectivity index is 1.84. The van der Waals surface area contributed by atoms with Crippen molar-refractivity contribution in [3.8, 4) is 11.8 Å². The molecule has 2 N–H and O–H groups in total. The van der Waals surface area contributed by atoms with Crippen LogP contribution in [0.2, 0.25) is 0 Å². The summed E-state index contributed by atoms with van der Waals surface area (Å²) in [6, 6.07) is 19.2. The van der Waals surface area contributed by atoms with Crippen molar-refractivity contribution in [1.82, 2.24) is 5.32 Å². The van der Waals surface area contributed by atoms with Gasteiger partial charge in [0.2, 0.25) is 0 Å². The number of carbonyl (C=O) groups is 1. The Labute approximate surface area is 147 Å². The predicted octanol–water partition coefficient (Wildman–Crippen LogP) is 3.26. The first kappa shape index (κ1) is 18.1. The summed E-state index contributed by atoms with van der Waals surface area (Å²) < 4.78 is 5.18. The molecule has 1 amide bonds. The number of aryl methyl sites for hydroxylation is 1. The van der Waals surface area contributed by atoms with Gasteiger partial charge >= 0.3 is 0 Å². The minimum Gasteiger partial charge on any atom is -0.495 e. The summed E-state index contributed by atoms with van der Waals surface area (Å²) in [5, 5.41) is 14.9. The van der Waals surface area contributed by atoms with Crippen LogP contribution in [0.4, 0.5) is 5.69 Å². The van der Waals surface area contributed by atoms with E-state index in [9.17, 15) is 10.1 Å². The van der Waals surface area contributed by atoms with E-state index in [0.717, 1.165) is 12.8 Å². The Bertz CT molecular complexity index is 764. The van der Waals surface area contributed by atoms with E-state index in [1.165, 1.54) is 18.9 Å². The van der Waals surface area contributed by atoms with Gasteiger partial charge in [-0.05, 0) is 30.5 Å². The van der Waals surface area contributed by atoms with E-state index >= 15 is 0 Å². The quantitative estimate of drug-likeness (QED) is 0.441. The number of hydrogen-bond acceptors (Lipinski definition) is 4. The molecule has 0 radical (unpaired) electrons. The molecule has 0 aliphatic heterocycles. The summed E-state index contributed by atoms with van der Waals surface area (Å²) in [5.74, 6) is 0.0755. The van der Waals surface area contributed by atoms with Crippen LogP contribution in [0.15, 0.2) is 66.4 Å². The minimum atomic E-state index is -0.470. The topological polar surface area (TPSA) is 74.1 Å². The van der Waals surface area contributed by atoms with Crippen molar-refractivity contribution < 1.29 is 9.53 Å². The van der Waals surface area contributed by atoms with Crippen LogP contribution in [0.1, 0.15) is 12.0 Å². The fourth-order valence-electron chi connectivity index (χ4n) is 2.30. The van der Waals surface area contributed by atoms with E-state index in [1.807, 2.05) is 30.3 Å². The first-order valence-electron chi connectivity index (χ1n) is 8.06. The summed E-state index contributed by atoms with van der Waals surface area (Å²) in [6.45, 7) is 0.683. The number of hydrogen-bond donors (Lipinski definition) is 2. The van der Waals surface area contributed by atoms with Gasteiger partial charge < -0.3 is 15.4 Å². The van der Waals surface area contributed by atoms with Gasteiger partial charge in [0.1, 0.15) is 17.4 Å². The molecule has 0 bridgehead atoms. The van der Waals surface area contributed by atoms with E-state index in [0.29, 0.717) is 18.0 Å². The Morgan fingerprint density at radius 1 is 1.16 bits per heavy atom. The number of amides is 1. The minimum absolute atomic E-state index is 0.0191. The monoisotopic (exact) mass is 335 g/mol. The molecule has 0 heterocycles. The summed E-state index contributed by atoms with van der Waals surface area (Å²) in [7, 11) is 1.53. The molecule has 25 heavy (non-hydrogen) atoms. The maximum Gasteiger partial charge on any atom is 0.267 e. The van der Waals surface area contributed by atoms with E-state index in [1.54, 1.807) is 18.2 Å². The number of benzene rings is 2. The molecule has 0 atom stereocenters. The molecule has 0 spiro atoms. The summed E-state index contributed by atoms with van der Waals surface area (Å²) in [5.41, 5.74) is 1.81. The average molecular weight is 335 g/mol. The van der Waals surface area contributed by atoms with Gasteiger partial charge in [-0.1, -0.05) is 42.5 Å². The van der Waals surface area contributed by atoms with Crippen LogP contribution < -0.4 is 15.4 Å². The van der Waals surface area contributed by atoms with Gasteiger partial charge in [-0.3, -0.25) is 4.79 Å². The second-order valence-corrected chi connectivity index (χ2v) is 5.37. The lowest BCUT2D eigenvalue weighted by Gasteiger charge is -2.09. The third kappa shape index (κ3) is 5.70. The smallest absolute Gasteiger partial charge is 0.267 e. The highest BCUT2D eigenvalue weighted by Gasteiger charge is 2.11. The lowest BCUT2D eigenvalue weighted by atomic mass is 10.1. The Morgan fingerprint density at radius 3 is 2.60 bits per heavy atom. The molecule has 5 nitrogen and oxygen atoms in total. The number of methoxy groups -OCH3 is 1. The number of rotatable bonds is 8. The van der Waals surface area contributed by atoms with E-state index < -0.39 is 5.91 Å². The Morgan fingerprint density at radius 2 is 1.88 bits per heavy atom. The number of carbonyl (C=O) groups excluding carboxylic acids is 1. The van der Waals surface area contributed by atoms with Crippen molar-refractivity contribution >= 4 is 11.6 Å². The largest absolute Gasteiger partial charge is 0.495 e. The highest BCUT2D eigenvalue weighted by Crippen LogP contribution is 2.23. The zero-order valence-electron chi connectivity index (χ0n) is 14.2. The SMILES string of the molecule is COc1ccccc1NC(=O)/C(C#N)=C\NCCCc1ccccc1. The molecule has 0 saturated heterocycles. The molecule has 2 rings (SSSR count). The van der Waals surface area contributed by atoms with Crippen LogP contribution in [-0.2, 0) is 11.2 Å². The van der Waals surface area contributed by atoms with Crippen molar-refractivity contribution in [2.24, 2.45) is 0 Å². The van der Waals surface area contributed by atoms with Crippen molar-refractivity contribution in [3.05, 3.63) is 71.9 Å². The fraction of sp³-hybridized carbons (Fsp3) is 0.200. The van der Waals surface area contributed by atoms with E-state index in [4.69, 9.17) is 4.74 Å². The van der Waals surface area contributed by atoms with Gasteiger partial charge in [0.25, 0.3) is 5.91 Å². The van der Waals surface area contributed by atoms with Gasteiger partial charge in [0.05, 0.1) is 12.8 Å². The zero-order chi connectivity index (χ0) is 17.9. The predicted molar refractivity (Wildman–Crippen MR) is 98.1 cm³/mol. The number of anilines is 1. The Kier molecular flexibility index (Phi) is 7.08. The van der Waals surface area contributed by atoms with E-state index in [-0.39, 0.29) is 5.57 Å². The van der Waals surface area contributed by atoms with Crippen molar-refractivity contribution in [2.45, 2.75) is 12.8 Å². The number of nitrogens with zero attached hydrogens (tertiary/aromatic N) is 1. The molecule has 5 heteroatoms. The van der Waals surface area contributed by atoms with Crippen molar-refractivity contribution in [2.75, 3.05) is 19.0 Å². The fourth-order valence-corrected chi connectivity index (χ4v) is 2.30. The summed E-state index contributed by atoms with van der Waals surface area (Å²) in [4.78, 5) is 12.2. The van der Waals surface area contributed by atoms with Gasteiger partial charge in [-0.15, -0.1) is 0 Å². The molecule has 0 unspecified atom stereocenters. The first-order valence-corrected chi connectivity index (χ1v) is 8.06. The van der Waals surface area contributed by atoms with Gasteiger partial charge in [0.15, 0.2) is 0 Å². The molecular formula is C20H21N3O2. The molecule has 0 aliphatic carbocycles. The first-order chi connectivity index (χ1) is 12.2. The molecule has 0 fully saturated rings. The van der Waals surface area contributed by atoms with Crippen LogP contribution in [0.25, 0.3) is 0 Å². The normalized spacial score (nSPS) is 10.6. The van der Waals surface area contributed by atoms with Crippen LogP contribution in [0.5, 0.6) is 5.75 Å². The number of ether oxygens (including phenoxy) is 1. The van der Waals surface area contributed by atoms with Crippen LogP contribution in [0.3, 0.4) is 0 Å². The maximum atomic E-state index is 12.2. The molecule has 0 saturated carbocycles. The molecule has 2 aromatic rings. The summed E-state index contributed by atoms with van der Waals surface area (Å²) >= 11 is 0. The number of nitriles is 1. The number of nitrogens with one attached hydrogen (secondary N) is 2. The highest BCUT2D eigenvalue weighted by atomic mass is 16.5. The van der Waals surface area contributed by atoms with Gasteiger partial charge in [-0.2, -0.15) is 5.26 Å². The Hall–Kier alpha value is -3.26. The highest BCUT2D eigenvalue weighted by molar-refractivity contribution is 6.07. The second-order valence-electron chi connectivity index (χ2n) is 5.37. The standard InChI is InChI=1S/C20H21N3O2/c1-25-19-12-6-5-11-18(19)23-20(24)17(14-21)15-22-13-7-10-16-8-3-2-4-9-16/h2-6,8-9,11-12,15,22H,7,10,13H2,1H3,(H,23,24)/b17-15-. The van der Waals surface area contributed by atoms with E-state index in [2.05, 4.69) is 22.8 Å². The molecule has 128 valence electrons. The lowest BCUT2D eigenvalue weighted by molar-refractivity contribution is -0.112. The molecule has 2 aromatic carbocycles. The van der Waals surface area contributed by atoms with Crippen LogP contribution in [0, 0.1) is 11.3 Å². The number of para-hydroxylation sites is 2. The van der Waals surface area contributed by atoms with Crippen molar-refractivity contribution in [3.63, 3.8) is 0 Å². The second kappa shape index (κ2) is 9.78. The van der Waals surface area contributed by atoms with Gasteiger partial charge in [-0.25, -0.2) is 0 Å². The van der Waals surface area contributed by atoms with Crippen LogP contribution >= 0.6 is 0 Å². The molecule has 0 aromatic heterocycles.